The second-order valence-electron chi connectivity index (χ2n) is 2.87. The van der Waals surface area contributed by atoms with Crippen LogP contribution in [0.2, 0.25) is 0 Å². The Morgan fingerprint density at radius 3 is 2.79 bits per heavy atom. The first-order valence-electron chi connectivity index (χ1n) is 4.08. The topological polar surface area (TPSA) is 50.4 Å². The fourth-order valence-electron chi connectivity index (χ4n) is 1.43. The van der Waals surface area contributed by atoms with Crippen LogP contribution in [0.4, 0.5) is 0 Å². The van der Waals surface area contributed by atoms with E-state index in [0.717, 1.165) is 5.39 Å². The summed E-state index contributed by atoms with van der Waals surface area (Å²) in [5, 5.41) is 9.69. The van der Waals surface area contributed by atoms with Gasteiger partial charge in [0.2, 0.25) is 5.76 Å². The van der Waals surface area contributed by atoms with Gasteiger partial charge in [0.15, 0.2) is 0 Å². The summed E-state index contributed by atoms with van der Waals surface area (Å²) in [7, 11) is 0. The monoisotopic (exact) mass is 208 g/mol. The first-order chi connectivity index (χ1) is 6.74. The lowest BCUT2D eigenvalue weighted by Gasteiger charge is -1.92. The number of hydrogen-bond acceptors (Lipinski definition) is 3. The minimum Gasteiger partial charge on any atom is -0.475 e. The second kappa shape index (κ2) is 3.38. The van der Waals surface area contributed by atoms with Crippen LogP contribution in [-0.2, 0) is 5.75 Å². The molecule has 0 aliphatic rings. The Hall–Kier alpha value is -1.42. The molecule has 1 heterocycles. The number of carbonyl (C=O) groups is 1. The quantitative estimate of drug-likeness (QED) is 0.746. The molecule has 1 aromatic carbocycles. The van der Waals surface area contributed by atoms with Gasteiger partial charge in [-0.05, 0) is 6.07 Å². The molecule has 2 rings (SSSR count). The van der Waals surface area contributed by atoms with E-state index in [4.69, 9.17) is 9.52 Å². The predicted octanol–water partition coefficient (Wildman–Crippen LogP) is 2.56. The highest BCUT2D eigenvalue weighted by molar-refractivity contribution is 7.79. The molecule has 0 saturated heterocycles. The van der Waals surface area contributed by atoms with Crippen molar-refractivity contribution >= 4 is 29.6 Å². The molecule has 14 heavy (non-hydrogen) atoms. The third-order valence-corrected chi connectivity index (χ3v) is 2.37. The van der Waals surface area contributed by atoms with E-state index >= 15 is 0 Å². The zero-order valence-corrected chi connectivity index (χ0v) is 8.12. The minimum absolute atomic E-state index is 0.0128. The lowest BCUT2D eigenvalue weighted by Crippen LogP contribution is -1.96. The number of fused-ring (bicyclic) bond motifs is 1. The van der Waals surface area contributed by atoms with Gasteiger partial charge < -0.3 is 9.52 Å². The third-order valence-electron chi connectivity index (χ3n) is 2.05. The van der Waals surface area contributed by atoms with Crippen molar-refractivity contribution in [3.8, 4) is 0 Å². The van der Waals surface area contributed by atoms with Crippen LogP contribution in [0.25, 0.3) is 11.0 Å². The number of benzene rings is 1. The molecule has 0 fully saturated rings. The van der Waals surface area contributed by atoms with Gasteiger partial charge in [-0.2, -0.15) is 12.6 Å². The molecule has 0 saturated carbocycles. The highest BCUT2D eigenvalue weighted by Crippen LogP contribution is 2.26. The van der Waals surface area contributed by atoms with E-state index in [1.807, 2.05) is 12.1 Å². The van der Waals surface area contributed by atoms with E-state index < -0.39 is 5.97 Å². The summed E-state index contributed by atoms with van der Waals surface area (Å²) < 4.78 is 5.20. The Labute approximate surface area is 85.7 Å². The molecule has 0 bridgehead atoms. The van der Waals surface area contributed by atoms with Gasteiger partial charge in [-0.25, -0.2) is 4.79 Å². The SMILES string of the molecule is O=C(O)c1oc2ccccc2c1CS. The lowest BCUT2D eigenvalue weighted by atomic mass is 10.1. The molecule has 0 aliphatic heterocycles. The molecule has 1 N–H and O–H groups in total. The van der Waals surface area contributed by atoms with Gasteiger partial charge in [0.25, 0.3) is 0 Å². The average molecular weight is 208 g/mol. The zero-order chi connectivity index (χ0) is 10.1. The summed E-state index contributed by atoms with van der Waals surface area (Å²) in [5.41, 5.74) is 1.23. The molecule has 0 aliphatic carbocycles. The first kappa shape index (κ1) is 9.15. The van der Waals surface area contributed by atoms with E-state index in [1.54, 1.807) is 12.1 Å². The van der Waals surface area contributed by atoms with Crippen molar-refractivity contribution in [3.05, 3.63) is 35.6 Å². The number of carboxylic acids is 1. The van der Waals surface area contributed by atoms with Crippen molar-refractivity contribution in [2.45, 2.75) is 5.75 Å². The first-order valence-corrected chi connectivity index (χ1v) is 4.72. The van der Waals surface area contributed by atoms with Crippen LogP contribution in [-0.4, -0.2) is 11.1 Å². The molecule has 0 unspecified atom stereocenters. The number of carboxylic acid groups (broad SMARTS) is 1. The summed E-state index contributed by atoms with van der Waals surface area (Å²) in [5.74, 6) is -0.704. The molecule has 72 valence electrons. The maximum absolute atomic E-state index is 10.8. The van der Waals surface area contributed by atoms with Gasteiger partial charge in [-0.15, -0.1) is 0 Å². The highest BCUT2D eigenvalue weighted by Gasteiger charge is 2.17. The maximum Gasteiger partial charge on any atom is 0.372 e. The van der Waals surface area contributed by atoms with E-state index in [9.17, 15) is 4.79 Å². The summed E-state index contributed by atoms with van der Waals surface area (Å²) >= 11 is 4.09. The standard InChI is InChI=1S/C10H8O3S/c11-10(12)9-7(5-14)6-3-1-2-4-8(6)13-9/h1-4,14H,5H2,(H,11,12). The predicted molar refractivity (Wildman–Crippen MR) is 55.9 cm³/mol. The second-order valence-corrected chi connectivity index (χ2v) is 3.19. The number of thiol groups is 1. The van der Waals surface area contributed by atoms with E-state index in [0.29, 0.717) is 16.9 Å². The van der Waals surface area contributed by atoms with Crippen molar-refractivity contribution < 1.29 is 14.3 Å². The number of hydrogen-bond donors (Lipinski definition) is 2. The van der Waals surface area contributed by atoms with Gasteiger partial charge in [0.1, 0.15) is 5.58 Å². The number of rotatable bonds is 2. The summed E-state index contributed by atoms with van der Waals surface area (Å²) in [6.07, 6.45) is 0. The summed E-state index contributed by atoms with van der Waals surface area (Å²) in [6.45, 7) is 0. The molecule has 2 aromatic rings. The van der Waals surface area contributed by atoms with Crippen molar-refractivity contribution in [2.75, 3.05) is 0 Å². The molecule has 3 nitrogen and oxygen atoms in total. The molecule has 1 aromatic heterocycles. The van der Waals surface area contributed by atoms with Gasteiger partial charge in [0, 0.05) is 16.7 Å². The van der Waals surface area contributed by atoms with Crippen LogP contribution >= 0.6 is 12.6 Å². The Morgan fingerprint density at radius 2 is 2.14 bits per heavy atom. The van der Waals surface area contributed by atoms with Crippen LogP contribution in [0, 0.1) is 0 Å². The van der Waals surface area contributed by atoms with E-state index in [2.05, 4.69) is 12.6 Å². The molecule has 4 heteroatoms. The Morgan fingerprint density at radius 1 is 1.43 bits per heavy atom. The highest BCUT2D eigenvalue weighted by atomic mass is 32.1. The van der Waals surface area contributed by atoms with Crippen LogP contribution in [0.5, 0.6) is 0 Å². The fraction of sp³-hybridized carbons (Fsp3) is 0.100. The fourth-order valence-corrected chi connectivity index (χ4v) is 1.74. The Bertz CT molecular complexity index is 487. The summed E-state index contributed by atoms with van der Waals surface area (Å²) in [4.78, 5) is 10.8. The van der Waals surface area contributed by atoms with Crippen molar-refractivity contribution in [1.82, 2.24) is 0 Å². The number of para-hydroxylation sites is 1. The van der Waals surface area contributed by atoms with Crippen LogP contribution in [0.1, 0.15) is 16.1 Å². The van der Waals surface area contributed by atoms with Crippen LogP contribution < -0.4 is 0 Å². The van der Waals surface area contributed by atoms with Crippen LogP contribution in [0.15, 0.2) is 28.7 Å². The van der Waals surface area contributed by atoms with Gasteiger partial charge in [0.05, 0.1) is 0 Å². The molecular formula is C10H8O3S. The zero-order valence-electron chi connectivity index (χ0n) is 7.23. The smallest absolute Gasteiger partial charge is 0.372 e. The normalized spacial score (nSPS) is 10.6. The average Bonchev–Trinajstić information content (AvgIpc) is 2.56. The van der Waals surface area contributed by atoms with Gasteiger partial charge in [-0.3, -0.25) is 0 Å². The number of aromatic carboxylic acids is 1. The number of furan rings is 1. The van der Waals surface area contributed by atoms with Crippen molar-refractivity contribution in [2.24, 2.45) is 0 Å². The van der Waals surface area contributed by atoms with Crippen molar-refractivity contribution in [1.29, 1.82) is 0 Å². The molecule has 0 spiro atoms. The van der Waals surface area contributed by atoms with Gasteiger partial charge >= 0.3 is 5.97 Å². The van der Waals surface area contributed by atoms with Crippen LogP contribution in [0.3, 0.4) is 0 Å². The molecular weight excluding hydrogens is 200 g/mol. The maximum atomic E-state index is 10.8. The third kappa shape index (κ3) is 1.28. The van der Waals surface area contributed by atoms with E-state index in [-0.39, 0.29) is 5.76 Å². The minimum atomic E-state index is -1.05. The lowest BCUT2D eigenvalue weighted by molar-refractivity contribution is 0.0664. The largest absolute Gasteiger partial charge is 0.475 e. The Kier molecular flexibility index (Phi) is 2.21. The Balaban J connectivity index is 2.78. The molecule has 0 radical (unpaired) electrons. The van der Waals surface area contributed by atoms with Crippen molar-refractivity contribution in [3.63, 3.8) is 0 Å². The van der Waals surface area contributed by atoms with E-state index in [1.165, 1.54) is 0 Å². The van der Waals surface area contributed by atoms with Gasteiger partial charge in [-0.1, -0.05) is 18.2 Å². The summed E-state index contributed by atoms with van der Waals surface area (Å²) in [6, 6.07) is 7.22. The molecule has 0 atom stereocenters. The molecule has 0 amide bonds.